The Kier molecular flexibility index (Phi) is 7.70. The summed E-state index contributed by atoms with van der Waals surface area (Å²) in [5, 5.41) is 2.87. The lowest BCUT2D eigenvalue weighted by Gasteiger charge is -2.31. The van der Waals surface area contributed by atoms with Crippen LogP contribution in [-0.4, -0.2) is 51.9 Å². The maximum Gasteiger partial charge on any atom is 0.339 e. The van der Waals surface area contributed by atoms with Crippen LogP contribution in [0.3, 0.4) is 0 Å². The molecule has 1 saturated heterocycles. The Labute approximate surface area is 192 Å². The van der Waals surface area contributed by atoms with E-state index in [1.165, 1.54) is 42.8 Å². The van der Waals surface area contributed by atoms with Gasteiger partial charge in [-0.25, -0.2) is 17.6 Å². The number of hydrogen-bond acceptors (Lipinski definition) is 6. The average Bonchev–Trinajstić information content (AvgIpc) is 2.83. The van der Waals surface area contributed by atoms with Crippen LogP contribution in [0.2, 0.25) is 0 Å². The van der Waals surface area contributed by atoms with E-state index in [-0.39, 0.29) is 41.1 Å². The average molecular weight is 479 g/mol. The zero-order valence-corrected chi connectivity index (χ0v) is 19.5. The molecule has 0 spiro atoms. The number of benzene rings is 2. The van der Waals surface area contributed by atoms with Gasteiger partial charge in [-0.1, -0.05) is 18.2 Å². The van der Waals surface area contributed by atoms with Crippen LogP contribution in [0.15, 0.2) is 47.4 Å². The van der Waals surface area contributed by atoms with Gasteiger partial charge in [0.25, 0.3) is 0 Å². The summed E-state index contributed by atoms with van der Waals surface area (Å²) in [6.07, 6.45) is 0.657. The van der Waals surface area contributed by atoms with E-state index < -0.39 is 27.9 Å². The van der Waals surface area contributed by atoms with E-state index in [1.54, 1.807) is 25.1 Å². The molecule has 0 radical (unpaired) electrons. The number of carbonyl (C=O) groups is 2. The minimum Gasteiger partial charge on any atom is -0.494 e. The molecular weight excluding hydrogens is 451 g/mol. The summed E-state index contributed by atoms with van der Waals surface area (Å²) < 4.78 is 51.1. The fourth-order valence-corrected chi connectivity index (χ4v) is 5.48. The first-order valence-electron chi connectivity index (χ1n) is 10.5. The second-order valence-electron chi connectivity index (χ2n) is 7.79. The molecule has 1 atom stereocenters. The quantitative estimate of drug-likeness (QED) is 0.614. The molecule has 1 N–H and O–H groups in total. The molecule has 0 saturated carbocycles. The summed E-state index contributed by atoms with van der Waals surface area (Å²) in [5.41, 5.74) is 0.571. The summed E-state index contributed by atoms with van der Waals surface area (Å²) in [5.74, 6) is -1.71. The second kappa shape index (κ2) is 10.3. The Morgan fingerprint density at radius 1 is 1.12 bits per heavy atom. The zero-order chi connectivity index (χ0) is 24.2. The first-order chi connectivity index (χ1) is 15.7. The molecule has 10 heteroatoms. The van der Waals surface area contributed by atoms with Gasteiger partial charge in [-0.3, -0.25) is 4.79 Å². The van der Waals surface area contributed by atoms with E-state index in [4.69, 9.17) is 9.47 Å². The Bertz CT molecular complexity index is 1130. The van der Waals surface area contributed by atoms with Crippen LogP contribution in [0.1, 0.15) is 41.7 Å². The van der Waals surface area contributed by atoms with Crippen LogP contribution in [0, 0.1) is 11.7 Å². The van der Waals surface area contributed by atoms with Gasteiger partial charge in [0.15, 0.2) is 11.6 Å². The molecule has 3 rings (SSSR count). The lowest BCUT2D eigenvalue weighted by Crippen LogP contribution is -2.43. The SMILES string of the molecule is COC(=O)c1ccccc1S(=O)(=O)N1CCC(C(=O)NC(C)c2ccc(OC)c(F)c2)CC1. The van der Waals surface area contributed by atoms with Gasteiger partial charge in [0.05, 0.1) is 30.7 Å². The Morgan fingerprint density at radius 3 is 2.39 bits per heavy atom. The molecule has 1 aliphatic rings. The van der Waals surface area contributed by atoms with Gasteiger partial charge in [0.2, 0.25) is 15.9 Å². The van der Waals surface area contributed by atoms with Crippen LogP contribution >= 0.6 is 0 Å². The van der Waals surface area contributed by atoms with E-state index in [2.05, 4.69) is 5.32 Å². The second-order valence-corrected chi connectivity index (χ2v) is 9.70. The van der Waals surface area contributed by atoms with Crippen LogP contribution in [0.4, 0.5) is 4.39 Å². The van der Waals surface area contributed by atoms with Gasteiger partial charge >= 0.3 is 5.97 Å². The Morgan fingerprint density at radius 2 is 1.79 bits per heavy atom. The maximum atomic E-state index is 14.0. The highest BCUT2D eigenvalue weighted by atomic mass is 32.2. The van der Waals surface area contributed by atoms with Crippen molar-refractivity contribution in [2.75, 3.05) is 27.3 Å². The highest BCUT2D eigenvalue weighted by Gasteiger charge is 2.34. The molecule has 33 heavy (non-hydrogen) atoms. The number of nitrogens with zero attached hydrogens (tertiary/aromatic N) is 1. The third kappa shape index (κ3) is 5.33. The molecule has 1 amide bonds. The van der Waals surface area contributed by atoms with Crippen molar-refractivity contribution in [1.29, 1.82) is 0 Å². The summed E-state index contributed by atoms with van der Waals surface area (Å²) in [7, 11) is -1.36. The van der Waals surface area contributed by atoms with Gasteiger partial charge in [0.1, 0.15) is 0 Å². The molecule has 0 aliphatic carbocycles. The molecule has 1 aliphatic heterocycles. The maximum absolute atomic E-state index is 14.0. The van der Waals surface area contributed by atoms with E-state index in [0.717, 1.165) is 0 Å². The first-order valence-corrected chi connectivity index (χ1v) is 11.9. The van der Waals surface area contributed by atoms with Gasteiger partial charge in [0, 0.05) is 19.0 Å². The number of esters is 1. The van der Waals surface area contributed by atoms with Crippen LogP contribution < -0.4 is 10.1 Å². The smallest absolute Gasteiger partial charge is 0.339 e. The summed E-state index contributed by atoms with van der Waals surface area (Å²) in [4.78, 5) is 24.6. The number of methoxy groups -OCH3 is 2. The normalized spacial score (nSPS) is 16.1. The summed E-state index contributed by atoms with van der Waals surface area (Å²) in [6.45, 7) is 2.03. The van der Waals surface area contributed by atoms with Gasteiger partial charge in [-0.05, 0) is 49.6 Å². The monoisotopic (exact) mass is 478 g/mol. The van der Waals surface area contributed by atoms with Crippen LogP contribution in [0.5, 0.6) is 5.75 Å². The standard InChI is InChI=1S/C23H27FN2O6S/c1-15(17-8-9-20(31-2)19(24)14-17)25-22(27)16-10-12-26(13-11-16)33(29,30)21-7-5-4-6-18(21)23(28)32-3/h4-9,14-16H,10-13H2,1-3H3,(H,25,27). The van der Waals surface area contributed by atoms with Crippen molar-refractivity contribution >= 4 is 21.9 Å². The van der Waals surface area contributed by atoms with E-state index in [0.29, 0.717) is 18.4 Å². The minimum atomic E-state index is -3.93. The molecular formula is C23H27FN2O6S. The largest absolute Gasteiger partial charge is 0.494 e. The predicted octanol–water partition coefficient (Wildman–Crippen LogP) is 2.90. The summed E-state index contributed by atoms with van der Waals surface area (Å²) >= 11 is 0. The van der Waals surface area contributed by atoms with E-state index in [9.17, 15) is 22.4 Å². The number of piperidine rings is 1. The van der Waals surface area contributed by atoms with Crippen molar-refractivity contribution in [3.8, 4) is 5.75 Å². The van der Waals surface area contributed by atoms with E-state index >= 15 is 0 Å². The summed E-state index contributed by atoms with van der Waals surface area (Å²) in [6, 6.07) is 9.96. The Balaban J connectivity index is 1.64. The molecule has 2 aromatic rings. The minimum absolute atomic E-state index is 0.0274. The zero-order valence-electron chi connectivity index (χ0n) is 18.7. The van der Waals surface area contributed by atoms with Crippen molar-refractivity contribution in [1.82, 2.24) is 9.62 Å². The van der Waals surface area contributed by atoms with Crippen molar-refractivity contribution in [3.05, 3.63) is 59.4 Å². The number of halogens is 1. The molecule has 178 valence electrons. The number of rotatable bonds is 7. The number of carbonyl (C=O) groups excluding carboxylic acids is 2. The lowest BCUT2D eigenvalue weighted by atomic mass is 9.96. The number of amides is 1. The fraction of sp³-hybridized carbons (Fsp3) is 0.391. The first kappa shape index (κ1) is 24.7. The van der Waals surface area contributed by atoms with Crippen molar-refractivity contribution in [3.63, 3.8) is 0 Å². The highest BCUT2D eigenvalue weighted by Crippen LogP contribution is 2.27. The van der Waals surface area contributed by atoms with E-state index in [1.807, 2.05) is 0 Å². The molecule has 0 aromatic heterocycles. The molecule has 1 unspecified atom stereocenters. The van der Waals surface area contributed by atoms with Crippen molar-refractivity contribution in [2.24, 2.45) is 5.92 Å². The molecule has 8 nitrogen and oxygen atoms in total. The molecule has 0 bridgehead atoms. The number of hydrogen-bond donors (Lipinski definition) is 1. The predicted molar refractivity (Wildman–Crippen MR) is 119 cm³/mol. The fourth-order valence-electron chi connectivity index (χ4n) is 3.83. The van der Waals surface area contributed by atoms with Gasteiger partial charge < -0.3 is 14.8 Å². The lowest BCUT2D eigenvalue weighted by molar-refractivity contribution is -0.126. The third-order valence-electron chi connectivity index (χ3n) is 5.77. The van der Waals surface area contributed by atoms with Gasteiger partial charge in [-0.15, -0.1) is 0 Å². The number of ether oxygens (including phenoxy) is 2. The third-order valence-corrected chi connectivity index (χ3v) is 7.73. The van der Waals surface area contributed by atoms with Crippen molar-refractivity contribution in [2.45, 2.75) is 30.7 Å². The molecule has 2 aromatic carbocycles. The van der Waals surface area contributed by atoms with Crippen LogP contribution in [0.25, 0.3) is 0 Å². The molecule has 1 heterocycles. The van der Waals surface area contributed by atoms with Gasteiger partial charge in [-0.2, -0.15) is 4.31 Å². The highest BCUT2D eigenvalue weighted by molar-refractivity contribution is 7.89. The Hall–Kier alpha value is -2.98. The molecule has 1 fully saturated rings. The number of sulfonamides is 1. The van der Waals surface area contributed by atoms with Crippen molar-refractivity contribution < 1.29 is 31.9 Å². The topological polar surface area (TPSA) is 102 Å². The number of nitrogens with one attached hydrogen (secondary N) is 1. The van der Waals surface area contributed by atoms with Crippen LogP contribution in [-0.2, 0) is 19.6 Å².